The number of alkyl halides is 3. The summed E-state index contributed by atoms with van der Waals surface area (Å²) in [4.78, 5) is 0.740. The smallest absolute Gasteiger partial charge is 0.355 e. The summed E-state index contributed by atoms with van der Waals surface area (Å²) in [5, 5.41) is 3.14. The molecule has 7 heteroatoms. The lowest BCUT2D eigenvalue weighted by atomic mass is 9.96. The van der Waals surface area contributed by atoms with Crippen LogP contribution >= 0.6 is 0 Å². The second-order valence-electron chi connectivity index (χ2n) is 9.41. The van der Waals surface area contributed by atoms with Crippen LogP contribution in [0.5, 0.6) is 0 Å². The molecule has 0 amide bonds. The lowest BCUT2D eigenvalue weighted by molar-refractivity contribution is -0.137. The Kier molecular flexibility index (Phi) is 7.28. The number of fused-ring (bicyclic) bond motifs is 1. The Balaban J connectivity index is 1.52. The van der Waals surface area contributed by atoms with Gasteiger partial charge in [-0.3, -0.25) is 4.21 Å². The highest BCUT2D eigenvalue weighted by atomic mass is 32.2. The predicted molar refractivity (Wildman–Crippen MR) is 151 cm³/mol. The Hall–Kier alpha value is -3.97. The van der Waals surface area contributed by atoms with Gasteiger partial charge in [0, 0.05) is 39.7 Å². The first kappa shape index (κ1) is 26.6. The number of halogens is 4. The van der Waals surface area contributed by atoms with Crippen molar-refractivity contribution in [2.24, 2.45) is 0 Å². The van der Waals surface area contributed by atoms with Crippen LogP contribution < -0.4 is 5.32 Å². The summed E-state index contributed by atoms with van der Waals surface area (Å²) in [5.41, 5.74) is 6.69. The van der Waals surface area contributed by atoms with E-state index in [1.807, 2.05) is 61.5 Å². The fraction of sp³-hybridized carbons (Fsp3) is 0.125. The van der Waals surface area contributed by atoms with E-state index in [2.05, 4.69) is 5.32 Å². The molecule has 5 rings (SSSR count). The number of anilines is 2. The minimum atomic E-state index is -4.44. The van der Waals surface area contributed by atoms with Crippen molar-refractivity contribution in [3.63, 3.8) is 0 Å². The van der Waals surface area contributed by atoms with Gasteiger partial charge in [-0.25, -0.2) is 4.39 Å². The fourth-order valence-corrected chi connectivity index (χ4v) is 5.34. The lowest BCUT2D eigenvalue weighted by Crippen LogP contribution is -2.05. The van der Waals surface area contributed by atoms with E-state index in [1.165, 1.54) is 18.2 Å². The number of rotatable bonds is 6. The quantitative estimate of drug-likeness (QED) is 0.244. The van der Waals surface area contributed by atoms with E-state index >= 15 is 0 Å². The highest BCUT2D eigenvalue weighted by Crippen LogP contribution is 2.44. The van der Waals surface area contributed by atoms with Crippen LogP contribution in [-0.4, -0.2) is 10.5 Å². The summed E-state index contributed by atoms with van der Waals surface area (Å²) in [5.74, 6) is -0.342. The highest BCUT2D eigenvalue weighted by molar-refractivity contribution is 7.84. The van der Waals surface area contributed by atoms with Crippen molar-refractivity contribution in [1.29, 1.82) is 0 Å². The van der Waals surface area contributed by atoms with Crippen LogP contribution in [0.1, 0.15) is 34.7 Å². The van der Waals surface area contributed by atoms with Crippen molar-refractivity contribution in [3.8, 4) is 0 Å². The van der Waals surface area contributed by atoms with Gasteiger partial charge in [-0.1, -0.05) is 42.5 Å². The van der Waals surface area contributed by atoms with Gasteiger partial charge < -0.3 is 5.32 Å². The number of allylic oxidation sites excluding steroid dienone is 3. The molecule has 1 aliphatic rings. The van der Waals surface area contributed by atoms with Crippen molar-refractivity contribution in [2.75, 3.05) is 11.6 Å². The third-order valence-corrected chi connectivity index (χ3v) is 7.77. The van der Waals surface area contributed by atoms with Crippen LogP contribution in [0.3, 0.4) is 0 Å². The van der Waals surface area contributed by atoms with Gasteiger partial charge in [0.25, 0.3) is 0 Å². The van der Waals surface area contributed by atoms with E-state index in [0.29, 0.717) is 17.8 Å². The van der Waals surface area contributed by atoms with Gasteiger partial charge in [0.05, 0.1) is 5.56 Å². The standard InChI is InChI=1S/C32H25F4NOS/c1-20-28(16-21-10-13-26(14-11-21)39(2)38)27-15-12-24(33)19-30(27)29(20)17-22-6-3-4-9-31(22)37-25-8-5-7-23(18-25)32(34,35)36/h3-16,18-19,37H,17H2,1-2H3/b28-16-. The number of para-hydroxylation sites is 1. The predicted octanol–water partition coefficient (Wildman–Crippen LogP) is 8.90. The maximum Gasteiger partial charge on any atom is 0.416 e. The largest absolute Gasteiger partial charge is 0.416 e. The van der Waals surface area contributed by atoms with Crippen molar-refractivity contribution in [1.82, 2.24) is 0 Å². The lowest BCUT2D eigenvalue weighted by Gasteiger charge is -2.15. The summed E-state index contributed by atoms with van der Waals surface area (Å²) < 4.78 is 65.9. The van der Waals surface area contributed by atoms with E-state index in [0.717, 1.165) is 56.0 Å². The molecule has 1 atom stereocenters. The maximum absolute atomic E-state index is 14.4. The molecule has 0 bridgehead atoms. The summed E-state index contributed by atoms with van der Waals surface area (Å²) in [6.45, 7) is 2.00. The zero-order valence-electron chi connectivity index (χ0n) is 21.3. The van der Waals surface area contributed by atoms with E-state index in [4.69, 9.17) is 0 Å². The Labute approximate surface area is 227 Å². The van der Waals surface area contributed by atoms with Gasteiger partial charge in [-0.15, -0.1) is 0 Å². The molecular formula is C32H25F4NOS. The molecule has 0 fully saturated rings. The molecule has 4 aromatic carbocycles. The average Bonchev–Trinajstić information content (AvgIpc) is 3.15. The van der Waals surface area contributed by atoms with Crippen LogP contribution in [-0.2, 0) is 23.4 Å². The SMILES string of the molecule is CC1=C(Cc2ccccc2Nc2cccc(C(F)(F)F)c2)c2cc(F)ccc2/C1=C\c1ccc(S(C)=O)cc1. The number of nitrogens with one attached hydrogen (secondary N) is 1. The topological polar surface area (TPSA) is 29.1 Å². The molecule has 0 saturated carbocycles. The van der Waals surface area contributed by atoms with Crippen LogP contribution in [0, 0.1) is 5.82 Å². The molecule has 0 aromatic heterocycles. The first-order valence-corrected chi connectivity index (χ1v) is 13.8. The summed E-state index contributed by atoms with van der Waals surface area (Å²) in [6, 6.07) is 24.8. The van der Waals surface area contributed by atoms with Crippen LogP contribution in [0.2, 0.25) is 0 Å². The van der Waals surface area contributed by atoms with E-state index in [9.17, 15) is 21.8 Å². The normalized spacial score (nSPS) is 15.0. The van der Waals surface area contributed by atoms with Gasteiger partial charge in [0.2, 0.25) is 0 Å². The number of benzene rings is 4. The summed E-state index contributed by atoms with van der Waals surface area (Å²) in [7, 11) is -1.07. The minimum Gasteiger partial charge on any atom is -0.355 e. The monoisotopic (exact) mass is 547 g/mol. The zero-order valence-corrected chi connectivity index (χ0v) is 22.1. The molecule has 1 N–H and O–H groups in total. The molecule has 39 heavy (non-hydrogen) atoms. The number of hydrogen-bond donors (Lipinski definition) is 1. The average molecular weight is 548 g/mol. The molecule has 1 aliphatic carbocycles. The third kappa shape index (κ3) is 5.73. The third-order valence-electron chi connectivity index (χ3n) is 6.83. The number of hydrogen-bond acceptors (Lipinski definition) is 2. The Morgan fingerprint density at radius 3 is 2.33 bits per heavy atom. The second kappa shape index (κ2) is 10.7. The van der Waals surface area contributed by atoms with Crippen LogP contribution in [0.4, 0.5) is 28.9 Å². The Bertz CT molecular complexity index is 1630. The van der Waals surface area contributed by atoms with Crippen LogP contribution in [0.25, 0.3) is 17.2 Å². The van der Waals surface area contributed by atoms with Gasteiger partial charge in [0.15, 0.2) is 0 Å². The first-order valence-electron chi connectivity index (χ1n) is 12.3. The molecule has 0 saturated heterocycles. The molecule has 198 valence electrons. The van der Waals surface area contributed by atoms with Crippen LogP contribution in [0.15, 0.2) is 101 Å². The van der Waals surface area contributed by atoms with Gasteiger partial charge in [-0.05, 0) is 101 Å². The van der Waals surface area contributed by atoms with E-state index in [-0.39, 0.29) is 5.82 Å². The molecule has 1 unspecified atom stereocenters. The van der Waals surface area contributed by atoms with Crippen molar-refractivity contribution in [2.45, 2.75) is 24.4 Å². The molecule has 0 radical (unpaired) electrons. The minimum absolute atomic E-state index is 0.331. The molecule has 4 aromatic rings. The van der Waals surface area contributed by atoms with Gasteiger partial charge in [-0.2, -0.15) is 13.2 Å². The maximum atomic E-state index is 14.4. The zero-order chi connectivity index (χ0) is 27.7. The van der Waals surface area contributed by atoms with Gasteiger partial charge in [0.1, 0.15) is 5.82 Å². The Morgan fingerprint density at radius 2 is 1.62 bits per heavy atom. The fourth-order valence-electron chi connectivity index (χ4n) is 4.82. The van der Waals surface area contributed by atoms with E-state index < -0.39 is 22.5 Å². The van der Waals surface area contributed by atoms with Gasteiger partial charge >= 0.3 is 6.18 Å². The van der Waals surface area contributed by atoms with Crippen molar-refractivity contribution < 1.29 is 21.8 Å². The molecule has 0 aliphatic heterocycles. The molecule has 0 heterocycles. The molecular weight excluding hydrogens is 522 g/mol. The first-order chi connectivity index (χ1) is 18.6. The summed E-state index contributed by atoms with van der Waals surface area (Å²) in [6.07, 6.45) is -0.314. The van der Waals surface area contributed by atoms with E-state index in [1.54, 1.807) is 18.4 Å². The highest BCUT2D eigenvalue weighted by Gasteiger charge is 2.30. The second-order valence-corrected chi connectivity index (χ2v) is 10.8. The summed E-state index contributed by atoms with van der Waals surface area (Å²) >= 11 is 0. The van der Waals surface area contributed by atoms with Crippen molar-refractivity contribution >= 4 is 39.4 Å². The molecule has 2 nitrogen and oxygen atoms in total. The van der Waals surface area contributed by atoms with Crippen molar-refractivity contribution in [3.05, 3.63) is 130 Å². The Morgan fingerprint density at radius 1 is 0.872 bits per heavy atom. The molecule has 0 spiro atoms.